The molecule has 1 aromatic carbocycles. The van der Waals surface area contributed by atoms with E-state index in [1.807, 2.05) is 26.1 Å². The second-order valence-corrected chi connectivity index (χ2v) is 14.1. The van der Waals surface area contributed by atoms with Crippen molar-refractivity contribution in [3.63, 3.8) is 0 Å². The number of aliphatic hydroxyl groups is 2. The minimum absolute atomic E-state index is 0.0299. The molecule has 3 amide bonds. The monoisotopic (exact) mass is 683 g/mol. The van der Waals surface area contributed by atoms with E-state index >= 15 is 0 Å². The number of imide groups is 1. The van der Waals surface area contributed by atoms with Gasteiger partial charge in [-0.05, 0) is 65.3 Å². The molecule has 0 bridgehead atoms. The molecule has 3 aliphatic rings. The van der Waals surface area contributed by atoms with E-state index in [1.54, 1.807) is 39.2 Å². The molecule has 49 heavy (non-hydrogen) atoms. The number of carbonyl (C=O) groups excluding carboxylic acids is 6. The number of rotatable bonds is 8. The number of ketones is 2. The number of nitrogens with zero attached hydrogens (tertiary/aromatic N) is 2. The Kier molecular flexibility index (Phi) is 10.2. The van der Waals surface area contributed by atoms with Gasteiger partial charge in [0.2, 0.25) is 17.6 Å². The molecule has 0 fully saturated rings. The molecule has 3 aliphatic carbocycles. The SMILES string of the molecule is COc1c(NC(=O)CNC(C)(C)C)cc(N(C)C)c2c1C(=O)C1=C(O)[C@]3(O)C(=O)C(C(=O)NC(C)=O)=C(OC(C)=O)[C@@H](N(C)C)[C@@H]3C[C@@H]1C2. The van der Waals surface area contributed by atoms with Crippen molar-refractivity contribution in [1.82, 2.24) is 15.5 Å². The van der Waals surface area contributed by atoms with E-state index in [0.717, 1.165) is 13.8 Å². The van der Waals surface area contributed by atoms with Crippen LogP contribution in [0.3, 0.4) is 0 Å². The van der Waals surface area contributed by atoms with Gasteiger partial charge in [0.15, 0.2) is 17.1 Å². The number of anilines is 2. The van der Waals surface area contributed by atoms with E-state index < -0.39 is 70.1 Å². The molecule has 0 saturated heterocycles. The summed E-state index contributed by atoms with van der Waals surface area (Å²) < 4.78 is 11.1. The summed E-state index contributed by atoms with van der Waals surface area (Å²) in [4.78, 5) is 82.3. The van der Waals surface area contributed by atoms with Crippen molar-refractivity contribution in [1.29, 1.82) is 0 Å². The van der Waals surface area contributed by atoms with Crippen LogP contribution in [0, 0.1) is 11.8 Å². The third-order valence-corrected chi connectivity index (χ3v) is 8.92. The molecule has 0 unspecified atom stereocenters. The summed E-state index contributed by atoms with van der Waals surface area (Å²) in [6.45, 7) is 7.80. The number of benzene rings is 1. The summed E-state index contributed by atoms with van der Waals surface area (Å²) in [6, 6.07) is 0.573. The fraction of sp³-hybridized carbons (Fsp3) is 0.529. The topological polar surface area (TPSA) is 204 Å². The first-order valence-corrected chi connectivity index (χ1v) is 15.8. The highest BCUT2D eigenvalue weighted by molar-refractivity contribution is 6.27. The number of likely N-dealkylation sites (N-methyl/N-ethyl adjacent to an activating group) is 1. The second-order valence-electron chi connectivity index (χ2n) is 14.1. The Balaban J connectivity index is 1.94. The van der Waals surface area contributed by atoms with Crippen LogP contribution in [0.4, 0.5) is 11.4 Å². The lowest BCUT2D eigenvalue weighted by Gasteiger charge is -2.50. The molecule has 0 spiro atoms. The van der Waals surface area contributed by atoms with Crippen molar-refractivity contribution in [2.24, 2.45) is 11.8 Å². The molecule has 0 aliphatic heterocycles. The number of ether oxygens (including phenoxy) is 2. The van der Waals surface area contributed by atoms with Gasteiger partial charge in [0.25, 0.3) is 5.91 Å². The van der Waals surface area contributed by atoms with Crippen LogP contribution in [-0.2, 0) is 35.1 Å². The number of allylic oxidation sites excluding steroid dienone is 1. The summed E-state index contributed by atoms with van der Waals surface area (Å²) in [7, 11) is 8.02. The standard InChI is InChI=1S/C34H45N5O10/c1-15(40)36-32(46)25-29(49-16(2)41)26(39(8)9)19-12-17-11-18-21(38(6)7)13-20(37-22(42)14-35-33(3,4)5)28(48-10)24(18)27(43)23(17)30(44)34(19,47)31(25)45/h13,17,19,26,35,44,47H,11-12,14H2,1-10H3,(H,37,42)(H,36,40,46)/t17-,19-,26-,34-/m0/s1. The van der Waals surface area contributed by atoms with Crippen LogP contribution >= 0.6 is 0 Å². The fourth-order valence-corrected chi connectivity index (χ4v) is 6.97. The number of aliphatic hydroxyl groups excluding tert-OH is 1. The van der Waals surface area contributed by atoms with E-state index in [2.05, 4.69) is 10.6 Å². The highest BCUT2D eigenvalue weighted by atomic mass is 16.5. The number of hydrogen-bond acceptors (Lipinski definition) is 13. The first-order chi connectivity index (χ1) is 22.6. The number of fused-ring (bicyclic) bond motifs is 3. The van der Waals surface area contributed by atoms with Gasteiger partial charge in [-0.15, -0.1) is 0 Å². The first-order valence-electron chi connectivity index (χ1n) is 15.8. The fourth-order valence-electron chi connectivity index (χ4n) is 6.97. The summed E-state index contributed by atoms with van der Waals surface area (Å²) in [5.41, 5.74) is -2.86. The molecule has 4 rings (SSSR count). The van der Waals surface area contributed by atoms with Crippen molar-refractivity contribution in [3.8, 4) is 5.75 Å². The third-order valence-electron chi connectivity index (χ3n) is 8.92. The minimum Gasteiger partial charge on any atom is -0.508 e. The lowest BCUT2D eigenvalue weighted by Crippen LogP contribution is -2.64. The second kappa shape index (κ2) is 13.4. The number of methoxy groups -OCH3 is 1. The van der Waals surface area contributed by atoms with E-state index in [1.165, 1.54) is 12.0 Å². The lowest BCUT2D eigenvalue weighted by molar-refractivity contribution is -0.152. The number of esters is 1. The molecule has 266 valence electrons. The van der Waals surface area contributed by atoms with Crippen molar-refractivity contribution < 1.29 is 48.5 Å². The summed E-state index contributed by atoms with van der Waals surface area (Å²) >= 11 is 0. The molecular weight excluding hydrogens is 638 g/mol. The van der Waals surface area contributed by atoms with Gasteiger partial charge in [-0.3, -0.25) is 39.0 Å². The summed E-state index contributed by atoms with van der Waals surface area (Å²) in [5, 5.41) is 32.0. The normalized spacial score (nSPS) is 23.4. The molecular formula is C34H45N5O10. The molecule has 15 heteroatoms. The number of Topliss-reactive ketones (excluding diaryl/α,β-unsaturated/α-hetero) is 2. The molecule has 15 nitrogen and oxygen atoms in total. The smallest absolute Gasteiger partial charge is 0.307 e. The van der Waals surface area contributed by atoms with Crippen molar-refractivity contribution >= 4 is 46.6 Å². The minimum atomic E-state index is -2.82. The maximum atomic E-state index is 14.5. The zero-order valence-electron chi connectivity index (χ0n) is 29.5. The molecule has 4 atom stereocenters. The maximum absolute atomic E-state index is 14.5. The van der Waals surface area contributed by atoms with E-state index in [4.69, 9.17) is 9.47 Å². The molecule has 0 radical (unpaired) electrons. The number of nitrogens with one attached hydrogen (secondary N) is 3. The molecule has 0 saturated carbocycles. The van der Waals surface area contributed by atoms with Gasteiger partial charge in [-0.2, -0.15) is 0 Å². The first kappa shape index (κ1) is 37.2. The Hall–Kier alpha value is -4.60. The Morgan fingerprint density at radius 3 is 2.22 bits per heavy atom. The zero-order valence-corrected chi connectivity index (χ0v) is 29.5. The van der Waals surface area contributed by atoms with Crippen LogP contribution in [-0.4, -0.2) is 109 Å². The van der Waals surface area contributed by atoms with Gasteiger partial charge in [0.1, 0.15) is 17.1 Å². The quantitative estimate of drug-likeness (QED) is 0.192. The Morgan fingerprint density at radius 1 is 1.08 bits per heavy atom. The van der Waals surface area contributed by atoms with Crippen molar-refractivity contribution in [3.05, 3.63) is 39.9 Å². The molecule has 1 aromatic rings. The van der Waals surface area contributed by atoms with Crippen LogP contribution in [0.15, 0.2) is 28.7 Å². The number of carbonyl (C=O) groups is 6. The van der Waals surface area contributed by atoms with Gasteiger partial charge in [-0.1, -0.05) is 0 Å². The highest BCUT2D eigenvalue weighted by Crippen LogP contribution is 2.54. The van der Waals surface area contributed by atoms with Gasteiger partial charge in [0.05, 0.1) is 30.9 Å². The van der Waals surface area contributed by atoms with Gasteiger partial charge >= 0.3 is 5.97 Å². The van der Waals surface area contributed by atoms with Crippen molar-refractivity contribution in [2.75, 3.05) is 52.1 Å². The van der Waals surface area contributed by atoms with Crippen LogP contribution < -0.4 is 25.6 Å². The van der Waals surface area contributed by atoms with Gasteiger partial charge < -0.3 is 35.2 Å². The van der Waals surface area contributed by atoms with E-state index in [-0.39, 0.29) is 53.3 Å². The van der Waals surface area contributed by atoms with Crippen LogP contribution in [0.5, 0.6) is 5.75 Å². The summed E-state index contributed by atoms with van der Waals surface area (Å²) in [5.74, 6) is -8.62. The molecule has 0 heterocycles. The lowest BCUT2D eigenvalue weighted by atomic mass is 9.58. The molecule has 0 aromatic heterocycles. The maximum Gasteiger partial charge on any atom is 0.307 e. The van der Waals surface area contributed by atoms with Crippen LogP contribution in [0.2, 0.25) is 0 Å². The number of hydrogen-bond donors (Lipinski definition) is 5. The average molecular weight is 684 g/mol. The third kappa shape index (κ3) is 6.70. The zero-order chi connectivity index (χ0) is 36.9. The van der Waals surface area contributed by atoms with Crippen LogP contribution in [0.25, 0.3) is 0 Å². The predicted molar refractivity (Wildman–Crippen MR) is 178 cm³/mol. The van der Waals surface area contributed by atoms with E-state index in [0.29, 0.717) is 11.3 Å². The summed E-state index contributed by atoms with van der Waals surface area (Å²) in [6.07, 6.45) is 0.115. The van der Waals surface area contributed by atoms with Crippen molar-refractivity contribution in [2.45, 2.75) is 64.6 Å². The number of amides is 3. The Bertz CT molecular complexity index is 1700. The Morgan fingerprint density at radius 2 is 1.71 bits per heavy atom. The van der Waals surface area contributed by atoms with E-state index in [9.17, 15) is 39.0 Å². The van der Waals surface area contributed by atoms with Gasteiger partial charge in [0, 0.05) is 50.7 Å². The largest absolute Gasteiger partial charge is 0.508 e. The van der Waals surface area contributed by atoms with Gasteiger partial charge in [-0.25, -0.2) is 0 Å². The average Bonchev–Trinajstić information content (AvgIpc) is 2.96. The molecule has 5 N–H and O–H groups in total. The predicted octanol–water partition coefficient (Wildman–Crippen LogP) is 0.999. The Labute approximate surface area is 284 Å². The highest BCUT2D eigenvalue weighted by Gasteiger charge is 2.64. The van der Waals surface area contributed by atoms with Crippen LogP contribution in [0.1, 0.15) is 57.0 Å².